The fourth-order valence-electron chi connectivity index (χ4n) is 4.25. The minimum absolute atomic E-state index is 0.190. The maximum absolute atomic E-state index is 12.0. The second-order valence-electron chi connectivity index (χ2n) is 8.15. The predicted octanol–water partition coefficient (Wildman–Crippen LogP) is 3.73. The SMILES string of the molecule is Cc1cc(NC(=S)NCc2ccccc2CN2CCCC2=O)ccc1N1CCCC1=O. The summed E-state index contributed by atoms with van der Waals surface area (Å²) in [6.07, 6.45) is 3.14. The summed E-state index contributed by atoms with van der Waals surface area (Å²) in [5, 5.41) is 7.04. The molecule has 6 nitrogen and oxygen atoms in total. The molecule has 2 N–H and O–H groups in total. The monoisotopic (exact) mass is 436 g/mol. The molecule has 0 unspecified atom stereocenters. The van der Waals surface area contributed by atoms with Crippen LogP contribution in [0.4, 0.5) is 11.4 Å². The highest BCUT2D eigenvalue weighted by molar-refractivity contribution is 7.80. The third kappa shape index (κ3) is 5.05. The zero-order valence-electron chi connectivity index (χ0n) is 17.8. The van der Waals surface area contributed by atoms with Crippen LogP contribution >= 0.6 is 12.2 Å². The lowest BCUT2D eigenvalue weighted by molar-refractivity contribution is -0.128. The third-order valence-electron chi connectivity index (χ3n) is 5.91. The van der Waals surface area contributed by atoms with E-state index >= 15 is 0 Å². The molecule has 0 bridgehead atoms. The minimum atomic E-state index is 0.190. The van der Waals surface area contributed by atoms with Crippen molar-refractivity contribution < 1.29 is 9.59 Å². The molecule has 2 aromatic carbocycles. The molecule has 2 aromatic rings. The number of carbonyl (C=O) groups is 2. The molecule has 2 heterocycles. The average molecular weight is 437 g/mol. The first-order valence-electron chi connectivity index (χ1n) is 10.8. The lowest BCUT2D eigenvalue weighted by atomic mass is 10.1. The molecular weight excluding hydrogens is 408 g/mol. The molecule has 2 amide bonds. The van der Waals surface area contributed by atoms with E-state index in [1.807, 2.05) is 47.1 Å². The molecule has 2 saturated heterocycles. The van der Waals surface area contributed by atoms with Gasteiger partial charge in [0.1, 0.15) is 0 Å². The zero-order chi connectivity index (χ0) is 21.8. The van der Waals surface area contributed by atoms with Gasteiger partial charge in [-0.2, -0.15) is 0 Å². The highest BCUT2D eigenvalue weighted by atomic mass is 32.1. The van der Waals surface area contributed by atoms with E-state index in [2.05, 4.69) is 22.8 Å². The summed E-state index contributed by atoms with van der Waals surface area (Å²) in [5.74, 6) is 0.421. The Hall–Kier alpha value is -2.93. The summed E-state index contributed by atoms with van der Waals surface area (Å²) in [5.41, 5.74) is 5.18. The average Bonchev–Trinajstić information content (AvgIpc) is 3.35. The fraction of sp³-hybridized carbons (Fsp3) is 0.375. The van der Waals surface area contributed by atoms with Crippen LogP contribution in [0, 0.1) is 6.92 Å². The number of nitrogens with one attached hydrogen (secondary N) is 2. The molecule has 2 aliphatic heterocycles. The van der Waals surface area contributed by atoms with E-state index in [0.717, 1.165) is 54.0 Å². The lowest BCUT2D eigenvalue weighted by Gasteiger charge is -2.20. The van der Waals surface area contributed by atoms with Crippen molar-refractivity contribution in [3.8, 4) is 0 Å². The summed E-state index contributed by atoms with van der Waals surface area (Å²) in [7, 11) is 0. The molecular formula is C24H28N4O2S. The van der Waals surface area contributed by atoms with Gasteiger partial charge in [0.25, 0.3) is 0 Å². The first-order valence-corrected chi connectivity index (χ1v) is 11.2. The van der Waals surface area contributed by atoms with Gasteiger partial charge in [0, 0.05) is 50.4 Å². The number of benzene rings is 2. The van der Waals surface area contributed by atoms with Gasteiger partial charge in [-0.15, -0.1) is 0 Å². The highest BCUT2D eigenvalue weighted by Crippen LogP contribution is 2.27. The smallest absolute Gasteiger partial charge is 0.227 e. The number of hydrogen-bond acceptors (Lipinski definition) is 3. The van der Waals surface area contributed by atoms with Gasteiger partial charge < -0.3 is 20.4 Å². The van der Waals surface area contributed by atoms with Gasteiger partial charge in [0.15, 0.2) is 5.11 Å². The number of aryl methyl sites for hydroxylation is 1. The van der Waals surface area contributed by atoms with Crippen LogP contribution in [0.1, 0.15) is 42.4 Å². The Morgan fingerprint density at radius 2 is 1.74 bits per heavy atom. The Balaban J connectivity index is 1.35. The van der Waals surface area contributed by atoms with E-state index in [1.165, 1.54) is 0 Å². The number of rotatable bonds is 6. The van der Waals surface area contributed by atoms with Crippen LogP contribution in [0.25, 0.3) is 0 Å². The molecule has 0 atom stereocenters. The van der Waals surface area contributed by atoms with Gasteiger partial charge in [-0.05, 0) is 66.9 Å². The van der Waals surface area contributed by atoms with Crippen LogP contribution < -0.4 is 15.5 Å². The Morgan fingerprint density at radius 3 is 2.42 bits per heavy atom. The Bertz CT molecular complexity index is 1010. The topological polar surface area (TPSA) is 64.7 Å². The van der Waals surface area contributed by atoms with Crippen LogP contribution in [0.2, 0.25) is 0 Å². The van der Waals surface area contributed by atoms with Crippen molar-refractivity contribution in [3.63, 3.8) is 0 Å². The van der Waals surface area contributed by atoms with Crippen LogP contribution in [-0.4, -0.2) is 34.9 Å². The summed E-state index contributed by atoms with van der Waals surface area (Å²) in [6.45, 7) is 4.86. The lowest BCUT2D eigenvalue weighted by Crippen LogP contribution is -2.29. The largest absolute Gasteiger partial charge is 0.358 e. The standard InChI is InChI=1S/C24H28N4O2S/c1-17-14-20(10-11-21(17)28-13-5-9-23(28)30)26-24(31)25-15-18-6-2-3-7-19(18)16-27-12-4-8-22(27)29/h2-3,6-7,10-11,14H,4-5,8-9,12-13,15-16H2,1H3,(H2,25,26,31). The molecule has 0 aliphatic carbocycles. The van der Waals surface area contributed by atoms with E-state index < -0.39 is 0 Å². The van der Waals surface area contributed by atoms with Gasteiger partial charge in [-0.1, -0.05) is 24.3 Å². The maximum atomic E-state index is 12.0. The van der Waals surface area contributed by atoms with Gasteiger partial charge in [-0.25, -0.2) is 0 Å². The van der Waals surface area contributed by atoms with Crippen LogP contribution in [0.3, 0.4) is 0 Å². The number of hydrogen-bond donors (Lipinski definition) is 2. The number of likely N-dealkylation sites (tertiary alicyclic amines) is 1. The Labute approximate surface area is 188 Å². The van der Waals surface area contributed by atoms with Gasteiger partial charge >= 0.3 is 0 Å². The third-order valence-corrected chi connectivity index (χ3v) is 6.16. The molecule has 2 aliphatic rings. The van der Waals surface area contributed by atoms with Crippen molar-refractivity contribution in [2.75, 3.05) is 23.3 Å². The van der Waals surface area contributed by atoms with E-state index in [4.69, 9.17) is 12.2 Å². The molecule has 31 heavy (non-hydrogen) atoms. The first-order chi connectivity index (χ1) is 15.0. The summed E-state index contributed by atoms with van der Waals surface area (Å²) >= 11 is 5.49. The Kier molecular flexibility index (Phi) is 6.51. The molecule has 0 aromatic heterocycles. The fourth-order valence-corrected chi connectivity index (χ4v) is 4.44. The number of anilines is 2. The van der Waals surface area contributed by atoms with E-state index in [0.29, 0.717) is 31.0 Å². The van der Waals surface area contributed by atoms with Gasteiger partial charge in [0.05, 0.1) is 0 Å². The Morgan fingerprint density at radius 1 is 1.00 bits per heavy atom. The summed E-state index contributed by atoms with van der Waals surface area (Å²) in [6, 6.07) is 14.1. The normalized spacial score (nSPS) is 16.2. The van der Waals surface area contributed by atoms with Crippen molar-refractivity contribution in [2.45, 2.75) is 45.7 Å². The van der Waals surface area contributed by atoms with Crippen molar-refractivity contribution in [1.29, 1.82) is 0 Å². The molecule has 7 heteroatoms. The number of nitrogens with zero attached hydrogens (tertiary/aromatic N) is 2. The molecule has 2 fully saturated rings. The van der Waals surface area contributed by atoms with Crippen molar-refractivity contribution in [1.82, 2.24) is 10.2 Å². The summed E-state index contributed by atoms with van der Waals surface area (Å²) in [4.78, 5) is 27.8. The van der Waals surface area contributed by atoms with Gasteiger partial charge in [0.2, 0.25) is 11.8 Å². The van der Waals surface area contributed by atoms with E-state index in [9.17, 15) is 9.59 Å². The van der Waals surface area contributed by atoms with Crippen molar-refractivity contribution in [3.05, 3.63) is 59.2 Å². The second kappa shape index (κ2) is 9.47. The van der Waals surface area contributed by atoms with Gasteiger partial charge in [-0.3, -0.25) is 9.59 Å². The molecule has 0 spiro atoms. The molecule has 162 valence electrons. The quantitative estimate of drug-likeness (QED) is 0.676. The van der Waals surface area contributed by atoms with Crippen LogP contribution in [0.5, 0.6) is 0 Å². The van der Waals surface area contributed by atoms with E-state index in [1.54, 1.807) is 0 Å². The van der Waals surface area contributed by atoms with Crippen molar-refractivity contribution >= 4 is 40.5 Å². The number of amides is 2. The predicted molar refractivity (Wildman–Crippen MR) is 127 cm³/mol. The first kappa shape index (κ1) is 21.3. The maximum Gasteiger partial charge on any atom is 0.227 e. The van der Waals surface area contributed by atoms with Crippen LogP contribution in [0.15, 0.2) is 42.5 Å². The van der Waals surface area contributed by atoms with Crippen molar-refractivity contribution in [2.24, 2.45) is 0 Å². The molecule has 4 rings (SSSR count). The number of thiocarbonyl (C=S) groups is 1. The molecule has 0 radical (unpaired) electrons. The van der Waals surface area contributed by atoms with E-state index in [-0.39, 0.29) is 11.8 Å². The molecule has 0 saturated carbocycles. The zero-order valence-corrected chi connectivity index (χ0v) is 18.6. The summed E-state index contributed by atoms with van der Waals surface area (Å²) < 4.78 is 0. The highest BCUT2D eigenvalue weighted by Gasteiger charge is 2.23. The number of carbonyl (C=O) groups excluding carboxylic acids is 2. The van der Waals surface area contributed by atoms with Crippen LogP contribution in [-0.2, 0) is 22.7 Å². The minimum Gasteiger partial charge on any atom is -0.358 e. The second-order valence-corrected chi connectivity index (χ2v) is 8.55.